The molecule has 1 nitrogen and oxygen atoms in total. The monoisotopic (exact) mass is 553 g/mol. The summed E-state index contributed by atoms with van der Waals surface area (Å²) < 4.78 is 0. The molecule has 1 heteroatoms. The Morgan fingerprint density at radius 1 is 0.395 bits per heavy atom. The molecule has 0 aliphatic heterocycles. The van der Waals surface area contributed by atoms with Gasteiger partial charge in [0.25, 0.3) is 0 Å². The number of hydrogen-bond acceptors (Lipinski definition) is 1. The molecule has 0 atom stereocenters. The van der Waals surface area contributed by atoms with E-state index >= 15 is 0 Å². The predicted octanol–water partition coefficient (Wildman–Crippen LogP) is 10.7. The minimum absolute atomic E-state index is 0.863. The van der Waals surface area contributed by atoms with Gasteiger partial charge in [-0.15, -0.1) is 0 Å². The maximum absolute atomic E-state index is 2.43. The Morgan fingerprint density at radius 3 is 1.21 bits per heavy atom. The van der Waals surface area contributed by atoms with Crippen molar-refractivity contribution >= 4 is 29.5 Å². The fourth-order valence-corrected chi connectivity index (χ4v) is 5.27. The maximum atomic E-state index is 2.43. The zero-order chi connectivity index (χ0) is 29.1. The van der Waals surface area contributed by atoms with Gasteiger partial charge in [-0.2, -0.15) is 0 Å². The summed E-state index contributed by atoms with van der Waals surface area (Å²) >= 11 is 0. The van der Waals surface area contributed by atoms with E-state index in [-0.39, 0.29) is 0 Å². The number of hydrogen-bond donors (Lipinski definition) is 0. The highest BCUT2D eigenvalue weighted by Crippen LogP contribution is 2.26. The molecule has 0 amide bonds. The zero-order valence-corrected chi connectivity index (χ0v) is 24.3. The lowest BCUT2D eigenvalue weighted by atomic mass is 9.95. The van der Waals surface area contributed by atoms with Crippen LogP contribution in [-0.2, 0) is 13.1 Å². The van der Waals surface area contributed by atoms with Crippen LogP contribution < -0.4 is 4.90 Å². The van der Waals surface area contributed by atoms with Crippen molar-refractivity contribution in [1.29, 1.82) is 0 Å². The summed E-state index contributed by atoms with van der Waals surface area (Å²) in [6, 6.07) is 60.2. The van der Waals surface area contributed by atoms with E-state index in [4.69, 9.17) is 0 Å². The molecule has 0 saturated heterocycles. The van der Waals surface area contributed by atoms with Gasteiger partial charge < -0.3 is 4.90 Å². The molecule has 0 fully saturated rings. The molecular weight excluding hydrogens is 518 g/mol. The van der Waals surface area contributed by atoms with Crippen LogP contribution in [0.2, 0.25) is 0 Å². The first-order chi connectivity index (χ1) is 21.3. The van der Waals surface area contributed by atoms with Crippen LogP contribution in [0.25, 0.3) is 23.8 Å². The van der Waals surface area contributed by atoms with Gasteiger partial charge in [0.2, 0.25) is 0 Å². The van der Waals surface area contributed by atoms with E-state index in [1.807, 2.05) is 0 Å². The predicted molar refractivity (Wildman–Crippen MR) is 184 cm³/mol. The fourth-order valence-electron chi connectivity index (χ4n) is 5.27. The summed E-state index contributed by atoms with van der Waals surface area (Å²) in [6.45, 7) is 1.73. The van der Waals surface area contributed by atoms with E-state index in [2.05, 4.69) is 193 Å². The van der Waals surface area contributed by atoms with E-state index in [9.17, 15) is 0 Å². The molecule has 0 N–H and O–H groups in total. The number of rotatable bonds is 10. The van der Waals surface area contributed by atoms with E-state index in [1.165, 1.54) is 50.2 Å². The average Bonchev–Trinajstić information content (AvgIpc) is 3.08. The van der Waals surface area contributed by atoms with Crippen molar-refractivity contribution in [2.45, 2.75) is 13.1 Å². The van der Waals surface area contributed by atoms with Gasteiger partial charge in [-0.25, -0.2) is 0 Å². The highest BCUT2D eigenvalue weighted by Gasteiger charge is 2.09. The molecule has 208 valence electrons. The second-order valence-corrected chi connectivity index (χ2v) is 10.7. The lowest BCUT2D eigenvalue weighted by molar-refractivity contribution is 0.800. The highest BCUT2D eigenvalue weighted by atomic mass is 15.1. The van der Waals surface area contributed by atoms with Gasteiger partial charge in [0.15, 0.2) is 0 Å². The van der Waals surface area contributed by atoms with Crippen molar-refractivity contribution < 1.29 is 0 Å². The van der Waals surface area contributed by atoms with Crippen LogP contribution >= 0.6 is 0 Å². The molecule has 0 heterocycles. The summed E-state index contributed by atoms with van der Waals surface area (Å²) in [5.74, 6) is 0. The van der Waals surface area contributed by atoms with Crippen LogP contribution in [0, 0.1) is 0 Å². The molecule has 0 aliphatic rings. The molecule has 0 aliphatic carbocycles. The van der Waals surface area contributed by atoms with Crippen LogP contribution in [0.4, 0.5) is 5.69 Å². The Labute approximate surface area is 255 Å². The van der Waals surface area contributed by atoms with E-state index in [0.29, 0.717) is 0 Å². The molecule has 6 aromatic carbocycles. The minimum Gasteiger partial charge on any atom is -0.363 e. The van der Waals surface area contributed by atoms with Crippen molar-refractivity contribution in [3.8, 4) is 0 Å². The summed E-state index contributed by atoms with van der Waals surface area (Å²) in [7, 11) is 0. The van der Waals surface area contributed by atoms with Gasteiger partial charge in [-0.1, -0.05) is 170 Å². The normalized spacial score (nSPS) is 10.9. The molecule has 0 spiro atoms. The summed E-state index contributed by atoms with van der Waals surface area (Å²) in [4.78, 5) is 2.43. The van der Waals surface area contributed by atoms with Crippen LogP contribution in [0.15, 0.2) is 170 Å². The van der Waals surface area contributed by atoms with Gasteiger partial charge in [-0.3, -0.25) is 0 Å². The van der Waals surface area contributed by atoms with E-state index in [1.54, 1.807) is 0 Å². The van der Waals surface area contributed by atoms with E-state index in [0.717, 1.165) is 13.1 Å². The quantitative estimate of drug-likeness (QED) is 0.153. The summed E-state index contributed by atoms with van der Waals surface area (Å²) in [5, 5.41) is 0. The standard InChI is InChI=1S/C42H35N/c1-5-13-37(14-6-1)32-43(33-38-15-7-2-8-16-38)41-29-27-35(28-30-41)22-21-34-23-25-36(26-24-34)31-42(39-17-9-3-10-18-39)40-19-11-4-12-20-40/h1-31H,32-33H2. The van der Waals surface area contributed by atoms with Gasteiger partial charge >= 0.3 is 0 Å². The molecule has 0 saturated carbocycles. The third-order valence-electron chi connectivity index (χ3n) is 7.58. The Bertz CT molecular complexity index is 1670. The molecule has 0 radical (unpaired) electrons. The summed E-state index contributed by atoms with van der Waals surface area (Å²) in [5.41, 5.74) is 11.0. The molecule has 43 heavy (non-hydrogen) atoms. The van der Waals surface area contributed by atoms with Gasteiger partial charge in [-0.05, 0) is 62.7 Å². The molecular formula is C42H35N. The van der Waals surface area contributed by atoms with Gasteiger partial charge in [0.05, 0.1) is 0 Å². The molecule has 0 aromatic heterocycles. The third-order valence-corrected chi connectivity index (χ3v) is 7.58. The largest absolute Gasteiger partial charge is 0.363 e. The Hall–Kier alpha value is -5.40. The Balaban J connectivity index is 1.17. The van der Waals surface area contributed by atoms with Crippen LogP contribution in [0.1, 0.15) is 38.9 Å². The zero-order valence-electron chi connectivity index (χ0n) is 24.3. The Kier molecular flexibility index (Phi) is 9.02. The van der Waals surface area contributed by atoms with Crippen molar-refractivity contribution in [1.82, 2.24) is 0 Å². The number of anilines is 1. The average molecular weight is 554 g/mol. The second-order valence-electron chi connectivity index (χ2n) is 10.7. The van der Waals surface area contributed by atoms with Crippen molar-refractivity contribution in [3.63, 3.8) is 0 Å². The molecule has 0 unspecified atom stereocenters. The SMILES string of the molecule is C(=Cc1ccc(N(Cc2ccccc2)Cc2ccccc2)cc1)c1ccc(C=C(c2ccccc2)c2ccccc2)cc1. The first-order valence-corrected chi connectivity index (χ1v) is 14.8. The summed E-state index contributed by atoms with van der Waals surface area (Å²) in [6.07, 6.45) is 6.64. The van der Waals surface area contributed by atoms with Gasteiger partial charge in [0.1, 0.15) is 0 Å². The molecule has 6 aromatic rings. The topological polar surface area (TPSA) is 3.24 Å². The molecule has 6 rings (SSSR count). The Morgan fingerprint density at radius 2 is 0.767 bits per heavy atom. The molecule has 0 bridgehead atoms. The smallest absolute Gasteiger partial charge is 0.0433 e. The second kappa shape index (κ2) is 14.0. The first-order valence-electron chi connectivity index (χ1n) is 14.8. The van der Waals surface area contributed by atoms with Gasteiger partial charge in [0, 0.05) is 18.8 Å². The van der Waals surface area contributed by atoms with Crippen LogP contribution in [-0.4, -0.2) is 0 Å². The minimum atomic E-state index is 0.863. The van der Waals surface area contributed by atoms with Crippen LogP contribution in [0.3, 0.4) is 0 Å². The van der Waals surface area contributed by atoms with Crippen molar-refractivity contribution in [3.05, 3.63) is 209 Å². The van der Waals surface area contributed by atoms with Crippen molar-refractivity contribution in [2.75, 3.05) is 4.90 Å². The van der Waals surface area contributed by atoms with Crippen LogP contribution in [0.5, 0.6) is 0 Å². The van der Waals surface area contributed by atoms with Crippen molar-refractivity contribution in [2.24, 2.45) is 0 Å². The third kappa shape index (κ3) is 7.67. The number of nitrogens with zero attached hydrogens (tertiary/aromatic N) is 1. The highest BCUT2D eigenvalue weighted by molar-refractivity contribution is 5.91. The lowest BCUT2D eigenvalue weighted by Crippen LogP contribution is -2.22. The fraction of sp³-hybridized carbons (Fsp3) is 0.0476. The first kappa shape index (κ1) is 27.8. The lowest BCUT2D eigenvalue weighted by Gasteiger charge is -2.25. The maximum Gasteiger partial charge on any atom is 0.0433 e. The number of benzene rings is 6. The van der Waals surface area contributed by atoms with E-state index < -0.39 is 0 Å².